The molecule has 3 rings (SSSR count). The molecule has 0 spiro atoms. The van der Waals surface area contributed by atoms with Crippen molar-refractivity contribution in [2.75, 3.05) is 19.6 Å². The largest absolute Gasteiger partial charge is 0.401 e. The van der Waals surface area contributed by atoms with Crippen LogP contribution >= 0.6 is 11.3 Å². The molecular formula is C16H21F3N2OS. The van der Waals surface area contributed by atoms with Crippen LogP contribution in [0.4, 0.5) is 13.2 Å². The average Bonchev–Trinajstić information content (AvgIpc) is 2.99. The highest BCUT2D eigenvalue weighted by atomic mass is 32.1. The first-order chi connectivity index (χ1) is 10.9. The van der Waals surface area contributed by atoms with Crippen LogP contribution in [0.15, 0.2) is 6.07 Å². The molecule has 1 aromatic heterocycles. The molecular weight excluding hydrogens is 325 g/mol. The molecule has 0 aromatic carbocycles. The van der Waals surface area contributed by atoms with Crippen LogP contribution in [-0.2, 0) is 12.8 Å². The van der Waals surface area contributed by atoms with Crippen LogP contribution in [0.5, 0.6) is 0 Å². The molecule has 1 N–H and O–H groups in total. The Morgan fingerprint density at radius 3 is 2.87 bits per heavy atom. The first-order valence-corrected chi connectivity index (χ1v) is 8.94. The molecule has 2 heterocycles. The zero-order chi connectivity index (χ0) is 16.4. The topological polar surface area (TPSA) is 32.3 Å². The van der Waals surface area contributed by atoms with E-state index in [0.717, 1.165) is 12.8 Å². The van der Waals surface area contributed by atoms with Gasteiger partial charge < -0.3 is 5.32 Å². The molecule has 3 nitrogen and oxygen atoms in total. The van der Waals surface area contributed by atoms with E-state index in [-0.39, 0.29) is 18.5 Å². The van der Waals surface area contributed by atoms with Crippen LogP contribution in [0, 0.1) is 0 Å². The highest BCUT2D eigenvalue weighted by Gasteiger charge is 2.34. The minimum atomic E-state index is -4.18. The highest BCUT2D eigenvalue weighted by molar-refractivity contribution is 7.14. The summed E-state index contributed by atoms with van der Waals surface area (Å²) in [4.78, 5) is 15.7. The third-order valence-corrected chi connectivity index (χ3v) is 5.72. The summed E-state index contributed by atoms with van der Waals surface area (Å²) in [6.07, 6.45) is 2.04. The van der Waals surface area contributed by atoms with E-state index in [1.807, 2.05) is 6.07 Å². The zero-order valence-electron chi connectivity index (χ0n) is 12.9. The number of likely N-dealkylation sites (tertiary alicyclic amines) is 1. The SMILES string of the molecule is O=C(NC1CCN(CC(F)(F)F)C1)c1cc2c(s1)CCCCC2. The molecule has 7 heteroatoms. The van der Waals surface area contributed by atoms with E-state index in [2.05, 4.69) is 5.32 Å². The highest BCUT2D eigenvalue weighted by Crippen LogP contribution is 2.29. The minimum absolute atomic E-state index is 0.137. The van der Waals surface area contributed by atoms with Crippen molar-refractivity contribution in [2.45, 2.75) is 50.7 Å². The summed E-state index contributed by atoms with van der Waals surface area (Å²) in [6.45, 7) is -0.242. The number of alkyl halides is 3. The van der Waals surface area contributed by atoms with Crippen LogP contribution < -0.4 is 5.32 Å². The van der Waals surface area contributed by atoms with Crippen molar-refractivity contribution in [1.82, 2.24) is 10.2 Å². The molecule has 1 aliphatic carbocycles. The maximum atomic E-state index is 12.4. The predicted octanol–water partition coefficient (Wildman–Crippen LogP) is 3.38. The summed E-state index contributed by atoms with van der Waals surface area (Å²) in [6, 6.07) is 1.79. The monoisotopic (exact) mass is 346 g/mol. The smallest absolute Gasteiger partial charge is 0.347 e. The van der Waals surface area contributed by atoms with Crippen molar-refractivity contribution in [3.63, 3.8) is 0 Å². The number of hydrogen-bond acceptors (Lipinski definition) is 3. The molecule has 1 saturated heterocycles. The molecule has 23 heavy (non-hydrogen) atoms. The molecule has 1 aromatic rings. The van der Waals surface area contributed by atoms with Gasteiger partial charge in [-0.1, -0.05) is 6.42 Å². The second-order valence-corrected chi connectivity index (χ2v) is 7.57. The number of aryl methyl sites for hydroxylation is 2. The van der Waals surface area contributed by atoms with Gasteiger partial charge in [0.15, 0.2) is 0 Å². The summed E-state index contributed by atoms with van der Waals surface area (Å²) < 4.78 is 37.2. The third kappa shape index (κ3) is 4.47. The lowest BCUT2D eigenvalue weighted by Crippen LogP contribution is -2.39. The van der Waals surface area contributed by atoms with Gasteiger partial charge in [-0.15, -0.1) is 11.3 Å². The number of halogens is 3. The fourth-order valence-corrected chi connectivity index (χ4v) is 4.54. The maximum Gasteiger partial charge on any atom is 0.401 e. The summed E-state index contributed by atoms with van der Waals surface area (Å²) >= 11 is 1.55. The van der Waals surface area contributed by atoms with Crippen molar-refractivity contribution in [1.29, 1.82) is 0 Å². The number of carbonyl (C=O) groups excluding carboxylic acids is 1. The molecule has 0 saturated carbocycles. The molecule has 128 valence electrons. The predicted molar refractivity (Wildman–Crippen MR) is 83.9 cm³/mol. The number of nitrogens with one attached hydrogen (secondary N) is 1. The molecule has 1 fully saturated rings. The van der Waals surface area contributed by atoms with Gasteiger partial charge in [0.25, 0.3) is 5.91 Å². The van der Waals surface area contributed by atoms with Gasteiger partial charge in [0, 0.05) is 24.0 Å². The second-order valence-electron chi connectivity index (χ2n) is 6.43. The summed E-state index contributed by atoms with van der Waals surface area (Å²) in [5, 5.41) is 2.90. The van der Waals surface area contributed by atoms with Crippen LogP contribution in [-0.4, -0.2) is 42.7 Å². The Labute approximate surface area is 137 Å². The number of hydrogen-bond donors (Lipinski definition) is 1. The van der Waals surface area contributed by atoms with E-state index < -0.39 is 12.7 Å². The minimum Gasteiger partial charge on any atom is -0.347 e. The van der Waals surface area contributed by atoms with Gasteiger partial charge >= 0.3 is 6.18 Å². The van der Waals surface area contributed by atoms with Gasteiger partial charge in [0.2, 0.25) is 0 Å². The van der Waals surface area contributed by atoms with E-state index in [0.29, 0.717) is 17.8 Å². The van der Waals surface area contributed by atoms with Gasteiger partial charge in [0.1, 0.15) is 0 Å². The number of rotatable bonds is 3. The Kier molecular flexibility index (Phi) is 4.96. The number of fused-ring (bicyclic) bond motifs is 1. The summed E-state index contributed by atoms with van der Waals surface area (Å²) in [5.74, 6) is -0.137. The second kappa shape index (κ2) is 6.81. The lowest BCUT2D eigenvalue weighted by atomic mass is 10.1. The fraction of sp³-hybridized carbons (Fsp3) is 0.688. The molecule has 0 bridgehead atoms. The Morgan fingerprint density at radius 1 is 1.30 bits per heavy atom. The van der Waals surface area contributed by atoms with Crippen LogP contribution in [0.2, 0.25) is 0 Å². The van der Waals surface area contributed by atoms with Crippen molar-refractivity contribution >= 4 is 17.2 Å². The normalized spacial score (nSPS) is 22.7. The van der Waals surface area contributed by atoms with Crippen molar-refractivity contribution < 1.29 is 18.0 Å². The molecule has 1 atom stereocenters. The lowest BCUT2D eigenvalue weighted by molar-refractivity contribution is -0.143. The van der Waals surface area contributed by atoms with Crippen LogP contribution in [0.1, 0.15) is 45.8 Å². The first-order valence-electron chi connectivity index (χ1n) is 8.12. The van der Waals surface area contributed by atoms with Gasteiger partial charge in [-0.2, -0.15) is 13.2 Å². The van der Waals surface area contributed by atoms with Gasteiger partial charge in [-0.3, -0.25) is 9.69 Å². The first kappa shape index (κ1) is 16.8. The fourth-order valence-electron chi connectivity index (χ4n) is 3.38. The Balaban J connectivity index is 1.56. The zero-order valence-corrected chi connectivity index (χ0v) is 13.7. The number of thiophene rings is 1. The maximum absolute atomic E-state index is 12.4. The summed E-state index contributed by atoms with van der Waals surface area (Å²) in [5.41, 5.74) is 1.28. The molecule has 1 amide bonds. The summed E-state index contributed by atoms with van der Waals surface area (Å²) in [7, 11) is 0. The van der Waals surface area contributed by atoms with E-state index in [4.69, 9.17) is 0 Å². The van der Waals surface area contributed by atoms with E-state index in [1.165, 1.54) is 34.6 Å². The van der Waals surface area contributed by atoms with Crippen LogP contribution in [0.25, 0.3) is 0 Å². The Bertz CT molecular complexity index is 547. The Hall–Kier alpha value is -1.08. The lowest BCUT2D eigenvalue weighted by Gasteiger charge is -2.18. The van der Waals surface area contributed by atoms with E-state index in [1.54, 1.807) is 11.3 Å². The molecule has 1 aliphatic heterocycles. The van der Waals surface area contributed by atoms with Gasteiger partial charge in [0.05, 0.1) is 11.4 Å². The van der Waals surface area contributed by atoms with Gasteiger partial charge in [-0.25, -0.2) is 0 Å². The quantitative estimate of drug-likeness (QED) is 0.851. The van der Waals surface area contributed by atoms with Crippen LogP contribution in [0.3, 0.4) is 0 Å². The number of amides is 1. The molecule has 1 unspecified atom stereocenters. The van der Waals surface area contributed by atoms with Gasteiger partial charge in [-0.05, 0) is 43.7 Å². The Morgan fingerprint density at radius 2 is 2.09 bits per heavy atom. The molecule has 2 aliphatic rings. The van der Waals surface area contributed by atoms with Crippen molar-refractivity contribution in [3.8, 4) is 0 Å². The standard InChI is InChI=1S/C16H21F3N2OS/c17-16(18,19)10-21-7-6-12(9-21)20-15(22)14-8-11-4-2-1-3-5-13(11)23-14/h8,12H,1-7,9-10H2,(H,20,22). The number of carbonyl (C=O) groups is 1. The number of nitrogens with zero attached hydrogens (tertiary/aromatic N) is 1. The third-order valence-electron chi connectivity index (χ3n) is 4.48. The van der Waals surface area contributed by atoms with E-state index >= 15 is 0 Å². The van der Waals surface area contributed by atoms with Crippen molar-refractivity contribution in [3.05, 3.63) is 21.4 Å². The molecule has 0 radical (unpaired) electrons. The van der Waals surface area contributed by atoms with Crippen molar-refractivity contribution in [2.24, 2.45) is 0 Å². The van der Waals surface area contributed by atoms with E-state index in [9.17, 15) is 18.0 Å². The average molecular weight is 346 g/mol.